The molecule has 41 heavy (non-hydrogen) atoms. The molecule has 0 amide bonds. The summed E-state index contributed by atoms with van der Waals surface area (Å²) in [6.07, 6.45) is -3.45. The van der Waals surface area contributed by atoms with E-state index in [2.05, 4.69) is 18.9 Å². The van der Waals surface area contributed by atoms with Crippen LogP contribution in [0.5, 0.6) is 23.0 Å². The van der Waals surface area contributed by atoms with Gasteiger partial charge in [0.05, 0.1) is 38.2 Å². The van der Waals surface area contributed by atoms with Gasteiger partial charge in [0.25, 0.3) is 0 Å². The maximum Gasteiger partial charge on any atom is 0.513 e. The summed E-state index contributed by atoms with van der Waals surface area (Å²) < 4.78 is 61.4. The molecule has 0 atom stereocenters. The number of hydrogen-bond acceptors (Lipinski definition) is 14. The van der Waals surface area contributed by atoms with E-state index in [4.69, 9.17) is 18.9 Å². The molecule has 3 aromatic rings. The Bertz CT molecular complexity index is 1330. The minimum Gasteiger partial charge on any atom is -0.437 e. The highest BCUT2D eigenvalue weighted by molar-refractivity contribution is 7.91. The summed E-state index contributed by atoms with van der Waals surface area (Å²) in [5.41, 5.74) is 0. The van der Waals surface area contributed by atoms with E-state index >= 15 is 0 Å². The topological polar surface area (TPSA) is 176 Å². The number of ether oxygens (including phenoxy) is 8. The van der Waals surface area contributed by atoms with E-state index < -0.39 is 34.5 Å². The summed E-state index contributed by atoms with van der Waals surface area (Å²) in [7, 11) is 0.950. The first-order chi connectivity index (χ1) is 19.5. The zero-order valence-corrected chi connectivity index (χ0v) is 22.9. The summed E-state index contributed by atoms with van der Waals surface area (Å²) in [4.78, 5) is 43.5. The highest BCUT2D eigenvalue weighted by Crippen LogP contribution is 2.25. The van der Waals surface area contributed by atoms with Crippen LogP contribution < -0.4 is 18.9 Å². The molecule has 0 unspecified atom stereocenters. The maximum atomic E-state index is 12.5. The van der Waals surface area contributed by atoms with Crippen molar-refractivity contribution in [2.45, 2.75) is 9.79 Å². The first-order valence-electron chi connectivity index (χ1n) is 11.1. The standard InChI is InChI=1S/C16H14O8S.C10H10O6/c1-21-15(17)23-11-3-7-13(8-4-11)25(19,20)14-9-5-12(6-10-14)24-16(18)22-2;1-13-9(11)15-7-3-5-8(6-4-7)16-10(12)14-2/h3-10H,1-2H3;3-6H,1-2H3. The second-order valence-electron chi connectivity index (χ2n) is 7.14. The molecular weight excluding hydrogens is 568 g/mol. The zero-order valence-electron chi connectivity index (χ0n) is 22.1. The molecular formula is C26H24O14S. The van der Waals surface area contributed by atoms with E-state index in [1.807, 2.05) is 0 Å². The van der Waals surface area contributed by atoms with E-state index in [0.717, 1.165) is 14.2 Å². The number of carbonyl (C=O) groups is 4. The summed E-state index contributed by atoms with van der Waals surface area (Å²) in [5.74, 6) is 0.855. The van der Waals surface area contributed by atoms with Crippen LogP contribution in [-0.2, 0) is 28.8 Å². The highest BCUT2D eigenvalue weighted by atomic mass is 32.2. The normalized spacial score (nSPS) is 10.0. The molecule has 14 nitrogen and oxygen atoms in total. The lowest BCUT2D eigenvalue weighted by Gasteiger charge is -2.07. The van der Waals surface area contributed by atoms with Gasteiger partial charge in [0.2, 0.25) is 9.84 Å². The molecule has 0 saturated carbocycles. The monoisotopic (exact) mass is 592 g/mol. The fraction of sp³-hybridized carbons (Fsp3) is 0.154. The number of carbonyl (C=O) groups excluding carboxylic acids is 4. The molecule has 0 spiro atoms. The Kier molecular flexibility index (Phi) is 11.9. The van der Waals surface area contributed by atoms with Crippen LogP contribution in [0.2, 0.25) is 0 Å². The number of hydrogen-bond donors (Lipinski definition) is 0. The van der Waals surface area contributed by atoms with E-state index in [-0.39, 0.29) is 32.8 Å². The lowest BCUT2D eigenvalue weighted by atomic mass is 10.3. The fourth-order valence-electron chi connectivity index (χ4n) is 2.64. The van der Waals surface area contributed by atoms with Gasteiger partial charge in [0.1, 0.15) is 23.0 Å². The van der Waals surface area contributed by atoms with Crippen molar-refractivity contribution in [1.82, 2.24) is 0 Å². The molecule has 0 aliphatic carbocycles. The third-order valence-electron chi connectivity index (χ3n) is 4.56. The molecule has 15 heteroatoms. The molecule has 0 aromatic heterocycles. The second kappa shape index (κ2) is 15.3. The molecule has 0 aliphatic rings. The van der Waals surface area contributed by atoms with Crippen LogP contribution in [0.25, 0.3) is 0 Å². The Morgan fingerprint density at radius 3 is 0.805 bits per heavy atom. The molecule has 3 rings (SSSR count). The highest BCUT2D eigenvalue weighted by Gasteiger charge is 2.18. The predicted molar refractivity (Wildman–Crippen MR) is 137 cm³/mol. The summed E-state index contributed by atoms with van der Waals surface area (Å²) in [5, 5.41) is 0. The van der Waals surface area contributed by atoms with Crippen molar-refractivity contribution in [3.05, 3.63) is 72.8 Å². The molecule has 0 heterocycles. The largest absolute Gasteiger partial charge is 0.513 e. The Morgan fingerprint density at radius 2 is 0.610 bits per heavy atom. The first kappa shape index (κ1) is 31.9. The average Bonchev–Trinajstić information content (AvgIpc) is 2.98. The maximum absolute atomic E-state index is 12.5. The molecule has 0 fully saturated rings. The lowest BCUT2D eigenvalue weighted by Crippen LogP contribution is -2.08. The summed E-state index contributed by atoms with van der Waals surface area (Å²) in [6.45, 7) is 0. The molecule has 0 radical (unpaired) electrons. The zero-order chi connectivity index (χ0) is 30.4. The second-order valence-corrected chi connectivity index (χ2v) is 9.09. The van der Waals surface area contributed by atoms with Gasteiger partial charge in [0.15, 0.2) is 0 Å². The van der Waals surface area contributed by atoms with Gasteiger partial charge in [-0.2, -0.15) is 0 Å². The molecule has 0 bridgehead atoms. The van der Waals surface area contributed by atoms with Crippen molar-refractivity contribution in [1.29, 1.82) is 0 Å². The minimum atomic E-state index is -3.78. The van der Waals surface area contributed by atoms with Crippen LogP contribution in [0.15, 0.2) is 82.6 Å². The SMILES string of the molecule is COC(=O)Oc1ccc(OC(=O)OC)cc1.COC(=O)Oc1ccc(S(=O)(=O)c2ccc(OC(=O)OC)cc2)cc1. The first-order valence-corrected chi connectivity index (χ1v) is 12.6. The van der Waals surface area contributed by atoms with Crippen LogP contribution in [0.4, 0.5) is 19.2 Å². The fourth-order valence-corrected chi connectivity index (χ4v) is 3.90. The van der Waals surface area contributed by atoms with E-state index in [1.165, 1.54) is 87.0 Å². The molecule has 3 aromatic carbocycles. The van der Waals surface area contributed by atoms with E-state index in [0.29, 0.717) is 0 Å². The van der Waals surface area contributed by atoms with Gasteiger partial charge in [-0.05, 0) is 72.8 Å². The molecule has 0 aliphatic heterocycles. The van der Waals surface area contributed by atoms with Crippen molar-refractivity contribution in [2.75, 3.05) is 28.4 Å². The van der Waals surface area contributed by atoms with E-state index in [9.17, 15) is 27.6 Å². The molecule has 218 valence electrons. The van der Waals surface area contributed by atoms with Crippen LogP contribution in [0, 0.1) is 0 Å². The van der Waals surface area contributed by atoms with Gasteiger partial charge in [-0.25, -0.2) is 27.6 Å². The summed E-state index contributed by atoms with van der Waals surface area (Å²) >= 11 is 0. The van der Waals surface area contributed by atoms with Gasteiger partial charge >= 0.3 is 24.6 Å². The van der Waals surface area contributed by atoms with Crippen molar-refractivity contribution in [2.24, 2.45) is 0 Å². The number of benzene rings is 3. The number of methoxy groups -OCH3 is 4. The number of rotatable bonds is 6. The Morgan fingerprint density at radius 1 is 0.415 bits per heavy atom. The average molecular weight is 593 g/mol. The number of sulfone groups is 1. The van der Waals surface area contributed by atoms with Crippen molar-refractivity contribution >= 4 is 34.5 Å². The van der Waals surface area contributed by atoms with Gasteiger partial charge in [-0.1, -0.05) is 0 Å². The Labute approximate surface area is 234 Å². The third kappa shape index (κ3) is 10.1. The van der Waals surface area contributed by atoms with Crippen molar-refractivity contribution in [3.8, 4) is 23.0 Å². The van der Waals surface area contributed by atoms with Gasteiger partial charge in [-0.15, -0.1) is 0 Å². The van der Waals surface area contributed by atoms with Gasteiger partial charge in [0, 0.05) is 0 Å². The van der Waals surface area contributed by atoms with Gasteiger partial charge in [-0.3, -0.25) is 0 Å². The predicted octanol–water partition coefficient (Wildman–Crippen LogP) is 4.79. The van der Waals surface area contributed by atoms with E-state index in [1.54, 1.807) is 0 Å². The molecule has 0 N–H and O–H groups in total. The Balaban J connectivity index is 0.000000317. The van der Waals surface area contributed by atoms with Crippen LogP contribution >= 0.6 is 0 Å². The quantitative estimate of drug-likeness (QED) is 0.217. The van der Waals surface area contributed by atoms with Crippen LogP contribution in [0.3, 0.4) is 0 Å². The third-order valence-corrected chi connectivity index (χ3v) is 6.35. The smallest absolute Gasteiger partial charge is 0.437 e. The van der Waals surface area contributed by atoms with Crippen molar-refractivity contribution < 1.29 is 65.5 Å². The van der Waals surface area contributed by atoms with Crippen LogP contribution in [-0.4, -0.2) is 61.5 Å². The summed E-state index contributed by atoms with van der Waals surface area (Å²) in [6, 6.07) is 16.3. The lowest BCUT2D eigenvalue weighted by molar-refractivity contribution is 0.119. The van der Waals surface area contributed by atoms with Crippen LogP contribution in [0.1, 0.15) is 0 Å². The Hall–Kier alpha value is -5.31. The van der Waals surface area contributed by atoms with Crippen molar-refractivity contribution in [3.63, 3.8) is 0 Å². The minimum absolute atomic E-state index is 0.00588. The van der Waals surface area contributed by atoms with Gasteiger partial charge < -0.3 is 37.9 Å². The molecule has 0 saturated heterocycles.